The van der Waals surface area contributed by atoms with Crippen molar-refractivity contribution in [1.29, 1.82) is 0 Å². The molecule has 0 N–H and O–H groups in total. The smallest absolute Gasteiger partial charge is 0.258 e. The Morgan fingerprint density at radius 3 is 2.38 bits per heavy atom. The molecule has 168 valence electrons. The van der Waals surface area contributed by atoms with Gasteiger partial charge in [0.2, 0.25) is 5.91 Å². The molecule has 0 unspecified atom stereocenters. The molecular formula is C24H26ClFN4O2. The van der Waals surface area contributed by atoms with Gasteiger partial charge in [0, 0.05) is 51.4 Å². The number of benzene rings is 1. The SMILES string of the molecule is O=C(c1c(F)cccc1Cl)N1CCC2(CC1)C[C@H]2C(=O)N1CCN(c2ccccn2)CC1. The Balaban J connectivity index is 1.15. The number of carbonyl (C=O) groups excluding carboxylic acids is 2. The molecule has 6 nitrogen and oxygen atoms in total. The first kappa shape index (κ1) is 21.2. The number of piperidine rings is 1. The fourth-order valence-corrected chi connectivity index (χ4v) is 5.43. The molecule has 1 saturated carbocycles. The van der Waals surface area contributed by atoms with Gasteiger partial charge >= 0.3 is 0 Å². The maximum absolute atomic E-state index is 14.1. The second-order valence-corrected chi connectivity index (χ2v) is 9.42. The van der Waals surface area contributed by atoms with Crippen molar-refractivity contribution < 1.29 is 14.0 Å². The number of hydrogen-bond donors (Lipinski definition) is 0. The summed E-state index contributed by atoms with van der Waals surface area (Å²) in [5.41, 5.74) is -0.0651. The van der Waals surface area contributed by atoms with Crippen molar-refractivity contribution in [2.75, 3.05) is 44.2 Å². The summed E-state index contributed by atoms with van der Waals surface area (Å²) >= 11 is 6.07. The number of likely N-dealkylation sites (tertiary alicyclic amines) is 1. The lowest BCUT2D eigenvalue weighted by atomic mass is 9.90. The molecule has 3 aliphatic rings. The topological polar surface area (TPSA) is 56.8 Å². The normalized spacial score (nSPS) is 22.2. The molecule has 8 heteroatoms. The van der Waals surface area contributed by atoms with Gasteiger partial charge in [0.25, 0.3) is 5.91 Å². The molecule has 32 heavy (non-hydrogen) atoms. The van der Waals surface area contributed by atoms with E-state index in [9.17, 15) is 14.0 Å². The highest BCUT2D eigenvalue weighted by atomic mass is 35.5. The molecule has 1 atom stereocenters. The average Bonchev–Trinajstić information content (AvgIpc) is 3.52. The van der Waals surface area contributed by atoms with Gasteiger partial charge < -0.3 is 14.7 Å². The van der Waals surface area contributed by atoms with Gasteiger partial charge in [-0.05, 0) is 48.9 Å². The van der Waals surface area contributed by atoms with E-state index < -0.39 is 5.82 Å². The van der Waals surface area contributed by atoms with Gasteiger partial charge in [-0.3, -0.25) is 9.59 Å². The summed E-state index contributed by atoms with van der Waals surface area (Å²) in [4.78, 5) is 36.2. The first-order valence-corrected chi connectivity index (χ1v) is 11.5. The van der Waals surface area contributed by atoms with Crippen molar-refractivity contribution in [3.63, 3.8) is 0 Å². The van der Waals surface area contributed by atoms with E-state index in [-0.39, 0.29) is 33.7 Å². The third-order valence-electron chi connectivity index (χ3n) is 7.28. The van der Waals surface area contributed by atoms with Crippen LogP contribution in [-0.4, -0.2) is 65.9 Å². The van der Waals surface area contributed by atoms with Gasteiger partial charge in [-0.1, -0.05) is 23.7 Å². The molecule has 2 aliphatic heterocycles. The predicted molar refractivity (Wildman–Crippen MR) is 120 cm³/mol. The molecule has 5 rings (SSSR count). The van der Waals surface area contributed by atoms with Crippen LogP contribution in [0.5, 0.6) is 0 Å². The summed E-state index contributed by atoms with van der Waals surface area (Å²) < 4.78 is 14.1. The van der Waals surface area contributed by atoms with Gasteiger partial charge in [-0.25, -0.2) is 9.37 Å². The summed E-state index contributed by atoms with van der Waals surface area (Å²) in [5.74, 6) is 0.277. The van der Waals surface area contributed by atoms with Gasteiger partial charge in [0.15, 0.2) is 0 Å². The molecule has 0 bridgehead atoms. The first-order valence-electron chi connectivity index (χ1n) is 11.2. The zero-order valence-corrected chi connectivity index (χ0v) is 18.6. The van der Waals surface area contributed by atoms with Crippen LogP contribution in [0.15, 0.2) is 42.6 Å². The lowest BCUT2D eigenvalue weighted by molar-refractivity contribution is -0.134. The van der Waals surface area contributed by atoms with Gasteiger partial charge in [0.05, 0.1) is 10.6 Å². The van der Waals surface area contributed by atoms with E-state index >= 15 is 0 Å². The van der Waals surface area contributed by atoms with Crippen LogP contribution in [0.2, 0.25) is 5.02 Å². The lowest BCUT2D eigenvalue weighted by Crippen LogP contribution is -2.50. The molecular weight excluding hydrogens is 431 g/mol. The Morgan fingerprint density at radius 2 is 1.72 bits per heavy atom. The lowest BCUT2D eigenvalue weighted by Gasteiger charge is -2.37. The van der Waals surface area contributed by atoms with Gasteiger partial charge in [0.1, 0.15) is 11.6 Å². The van der Waals surface area contributed by atoms with Crippen LogP contribution in [0.3, 0.4) is 0 Å². The molecule has 3 fully saturated rings. The number of hydrogen-bond acceptors (Lipinski definition) is 4. The van der Waals surface area contributed by atoms with Crippen molar-refractivity contribution in [3.05, 3.63) is 59.0 Å². The van der Waals surface area contributed by atoms with Crippen molar-refractivity contribution in [2.24, 2.45) is 11.3 Å². The molecule has 1 aliphatic carbocycles. The maximum atomic E-state index is 14.1. The van der Waals surface area contributed by atoms with E-state index in [1.807, 2.05) is 23.1 Å². The number of pyridine rings is 1. The third-order valence-corrected chi connectivity index (χ3v) is 7.59. The first-order chi connectivity index (χ1) is 15.5. The second-order valence-electron chi connectivity index (χ2n) is 9.01. The Hall–Kier alpha value is -2.67. The molecule has 1 aromatic carbocycles. The van der Waals surface area contributed by atoms with Crippen molar-refractivity contribution in [3.8, 4) is 0 Å². The number of nitrogens with zero attached hydrogens (tertiary/aromatic N) is 4. The van der Waals surface area contributed by atoms with Crippen molar-refractivity contribution in [2.45, 2.75) is 19.3 Å². The van der Waals surface area contributed by atoms with Gasteiger partial charge in [-0.15, -0.1) is 0 Å². The van der Waals surface area contributed by atoms with Crippen LogP contribution >= 0.6 is 11.6 Å². The summed E-state index contributed by atoms with van der Waals surface area (Å²) in [5, 5.41) is 0.139. The van der Waals surface area contributed by atoms with Crippen LogP contribution in [0.25, 0.3) is 0 Å². The van der Waals surface area contributed by atoms with Crippen molar-refractivity contribution in [1.82, 2.24) is 14.8 Å². The molecule has 3 heterocycles. The van der Waals surface area contributed by atoms with E-state index in [1.165, 1.54) is 18.2 Å². The van der Waals surface area contributed by atoms with E-state index in [0.29, 0.717) is 26.2 Å². The van der Waals surface area contributed by atoms with E-state index in [1.54, 1.807) is 11.1 Å². The Labute approximate surface area is 192 Å². The number of amides is 2. The largest absolute Gasteiger partial charge is 0.353 e. The standard InChI is InChI=1S/C24H26ClFN4O2/c25-18-4-3-5-19(26)21(18)23(32)29-10-7-24(8-11-29)16-17(24)22(31)30-14-12-28(13-15-30)20-6-1-2-9-27-20/h1-6,9,17H,7-8,10-16H2/t17-/m0/s1. The van der Waals surface area contributed by atoms with E-state index in [0.717, 1.165) is 38.2 Å². The quantitative estimate of drug-likeness (QED) is 0.709. The molecule has 2 amide bonds. The predicted octanol–water partition coefficient (Wildman–Crippen LogP) is 3.47. The Bertz CT molecular complexity index is 998. The van der Waals surface area contributed by atoms with E-state index in [4.69, 9.17) is 11.6 Å². The second kappa shape index (κ2) is 8.35. The fourth-order valence-electron chi connectivity index (χ4n) is 5.18. The summed E-state index contributed by atoms with van der Waals surface area (Å²) in [6, 6.07) is 10.2. The number of carbonyl (C=O) groups is 2. The van der Waals surface area contributed by atoms with Crippen LogP contribution in [-0.2, 0) is 4.79 Å². The number of piperazine rings is 1. The minimum atomic E-state index is -0.591. The third kappa shape index (κ3) is 3.83. The van der Waals surface area contributed by atoms with E-state index in [2.05, 4.69) is 9.88 Å². The van der Waals surface area contributed by atoms with Crippen LogP contribution in [0.4, 0.5) is 10.2 Å². The number of aromatic nitrogens is 1. The summed E-state index contributed by atoms with van der Waals surface area (Å²) in [6.45, 7) is 4.04. The van der Waals surface area contributed by atoms with Crippen LogP contribution < -0.4 is 4.90 Å². The van der Waals surface area contributed by atoms with Crippen LogP contribution in [0, 0.1) is 17.2 Å². The Morgan fingerprint density at radius 1 is 0.969 bits per heavy atom. The molecule has 2 saturated heterocycles. The monoisotopic (exact) mass is 456 g/mol. The molecule has 0 radical (unpaired) electrons. The zero-order chi connectivity index (χ0) is 22.3. The molecule has 1 spiro atoms. The number of halogens is 2. The average molecular weight is 457 g/mol. The Kier molecular flexibility index (Phi) is 5.53. The number of anilines is 1. The summed E-state index contributed by atoms with van der Waals surface area (Å²) in [6.07, 6.45) is 4.22. The van der Waals surface area contributed by atoms with Gasteiger partial charge in [-0.2, -0.15) is 0 Å². The zero-order valence-electron chi connectivity index (χ0n) is 17.8. The number of rotatable bonds is 3. The maximum Gasteiger partial charge on any atom is 0.258 e. The fraction of sp³-hybridized carbons (Fsp3) is 0.458. The minimum Gasteiger partial charge on any atom is -0.353 e. The van der Waals surface area contributed by atoms with Crippen molar-refractivity contribution >= 4 is 29.2 Å². The van der Waals surface area contributed by atoms with Crippen LogP contribution in [0.1, 0.15) is 29.6 Å². The highest BCUT2D eigenvalue weighted by Gasteiger charge is 2.59. The highest BCUT2D eigenvalue weighted by Crippen LogP contribution is 2.60. The molecule has 2 aromatic rings. The minimum absolute atomic E-state index is 0.00892. The molecule has 1 aromatic heterocycles. The summed E-state index contributed by atoms with van der Waals surface area (Å²) in [7, 11) is 0. The highest BCUT2D eigenvalue weighted by molar-refractivity contribution is 6.33.